The van der Waals surface area contributed by atoms with E-state index >= 15 is 0 Å². The van der Waals surface area contributed by atoms with Gasteiger partial charge in [-0.15, -0.1) is 0 Å². The predicted molar refractivity (Wildman–Crippen MR) is 87.3 cm³/mol. The minimum absolute atomic E-state index is 0.0479. The third-order valence-corrected chi connectivity index (χ3v) is 5.01. The van der Waals surface area contributed by atoms with Gasteiger partial charge in [-0.3, -0.25) is 4.79 Å². The van der Waals surface area contributed by atoms with Gasteiger partial charge in [0.25, 0.3) is 0 Å². The number of hydrogen-bond acceptors (Lipinski definition) is 4. The number of carbonyl (C=O) groups is 1. The lowest BCUT2D eigenvalue weighted by molar-refractivity contribution is -0.137. The van der Waals surface area contributed by atoms with E-state index in [2.05, 4.69) is 51.2 Å². The normalized spacial score (nSPS) is 14.4. The molecule has 0 spiro atoms. The van der Waals surface area contributed by atoms with E-state index in [-0.39, 0.29) is 12.0 Å². The Bertz CT molecular complexity index is 262. The van der Waals surface area contributed by atoms with Gasteiger partial charge in [0, 0.05) is 0 Å². The Morgan fingerprint density at radius 1 is 1.22 bits per heavy atom. The second kappa shape index (κ2) is 7.72. The molecule has 0 rings (SSSR count). The lowest BCUT2D eigenvalue weighted by atomic mass is 10.2. The fourth-order valence-electron chi connectivity index (χ4n) is 1.49. The van der Waals surface area contributed by atoms with Gasteiger partial charge in [0.05, 0.1) is 6.04 Å². The van der Waals surface area contributed by atoms with Crippen molar-refractivity contribution in [2.75, 3.05) is 11.5 Å². The minimum Gasteiger partial charge on any atom is -0.519 e. The Labute approximate surface area is 119 Å². The van der Waals surface area contributed by atoms with Crippen molar-refractivity contribution in [2.24, 2.45) is 0 Å². The van der Waals surface area contributed by atoms with Gasteiger partial charge >= 0.3 is 5.97 Å². The molecule has 108 valence electrons. The molecule has 0 radical (unpaired) electrons. The summed E-state index contributed by atoms with van der Waals surface area (Å²) in [6.07, 6.45) is 0.867. The van der Waals surface area contributed by atoms with Crippen LogP contribution in [0.15, 0.2) is 0 Å². The number of carbonyl (C=O) groups excluding carboxylic acids is 1. The molecule has 0 fully saturated rings. The van der Waals surface area contributed by atoms with Crippen LogP contribution in [0.25, 0.3) is 0 Å². The molecule has 0 aromatic rings. The summed E-state index contributed by atoms with van der Waals surface area (Å²) in [6, 6.07) is -0.123. The monoisotopic (exact) mass is 307 g/mol. The Kier molecular flexibility index (Phi) is 7.81. The summed E-state index contributed by atoms with van der Waals surface area (Å²) in [7, 11) is -3.25. The second-order valence-electron chi connectivity index (χ2n) is 6.47. The van der Waals surface area contributed by atoms with Crippen molar-refractivity contribution in [3.05, 3.63) is 0 Å². The van der Waals surface area contributed by atoms with E-state index in [1.165, 1.54) is 0 Å². The summed E-state index contributed by atoms with van der Waals surface area (Å²) >= 11 is 1.88. The van der Waals surface area contributed by atoms with E-state index < -0.39 is 16.6 Å². The fraction of sp³-hybridized carbons (Fsp3) is 0.917. The third kappa shape index (κ3) is 10.2. The smallest absolute Gasteiger partial charge is 0.309 e. The average molecular weight is 308 g/mol. The van der Waals surface area contributed by atoms with Gasteiger partial charge in [-0.1, -0.05) is 26.6 Å². The molecule has 18 heavy (non-hydrogen) atoms. The van der Waals surface area contributed by atoms with Gasteiger partial charge in [0.2, 0.25) is 8.32 Å². The largest absolute Gasteiger partial charge is 0.519 e. The summed E-state index contributed by atoms with van der Waals surface area (Å²) in [4.78, 5) is 15.7. The molecule has 0 amide bonds. The van der Waals surface area contributed by atoms with E-state index in [4.69, 9.17) is 4.43 Å². The van der Waals surface area contributed by atoms with Gasteiger partial charge in [-0.05, 0) is 37.6 Å². The maximum absolute atomic E-state index is 12.2. The highest BCUT2D eigenvalue weighted by molar-refractivity contribution is 7.99. The molecule has 0 aromatic heterocycles. The summed E-state index contributed by atoms with van der Waals surface area (Å²) in [5, 5.41) is 0. The molecule has 0 aliphatic rings. The van der Waals surface area contributed by atoms with Crippen molar-refractivity contribution >= 4 is 34.3 Å². The van der Waals surface area contributed by atoms with Crippen molar-refractivity contribution in [3.8, 4) is 0 Å². The van der Waals surface area contributed by atoms with E-state index in [0.717, 1.165) is 17.9 Å². The standard InChI is InChI=1S/C12H29NO2SSi2/c1-8-16-10-9-11(13-17(2,3)4)12(14)15-18(5,6)7/h11,13H,8-10H2,1-7H3/t11-/m0/s1. The molecule has 0 aliphatic heterocycles. The highest BCUT2D eigenvalue weighted by Crippen LogP contribution is 2.12. The van der Waals surface area contributed by atoms with Crippen LogP contribution < -0.4 is 4.98 Å². The van der Waals surface area contributed by atoms with E-state index in [1.807, 2.05) is 11.8 Å². The van der Waals surface area contributed by atoms with Crippen molar-refractivity contribution < 1.29 is 9.22 Å². The lowest BCUT2D eigenvalue weighted by Crippen LogP contribution is -2.53. The zero-order valence-electron chi connectivity index (χ0n) is 12.9. The van der Waals surface area contributed by atoms with Crippen LogP contribution in [0.2, 0.25) is 39.3 Å². The van der Waals surface area contributed by atoms with Crippen LogP contribution in [0.1, 0.15) is 13.3 Å². The average Bonchev–Trinajstić information content (AvgIpc) is 2.11. The first kappa shape index (κ1) is 18.2. The summed E-state index contributed by atoms with van der Waals surface area (Å²) < 4.78 is 5.63. The number of nitrogens with one attached hydrogen (secondary N) is 1. The number of thioether (sulfide) groups is 1. The maximum Gasteiger partial charge on any atom is 0.309 e. The third-order valence-electron chi connectivity index (χ3n) is 2.05. The molecule has 1 atom stereocenters. The summed E-state index contributed by atoms with van der Waals surface area (Å²) in [5.41, 5.74) is 0. The van der Waals surface area contributed by atoms with Crippen LogP contribution in [0.3, 0.4) is 0 Å². The van der Waals surface area contributed by atoms with Crippen molar-refractivity contribution in [3.63, 3.8) is 0 Å². The first-order chi connectivity index (χ1) is 8.05. The zero-order valence-corrected chi connectivity index (χ0v) is 15.7. The highest BCUT2D eigenvalue weighted by Gasteiger charge is 2.29. The molecule has 0 saturated carbocycles. The second-order valence-corrected chi connectivity index (χ2v) is 17.1. The van der Waals surface area contributed by atoms with Crippen LogP contribution in [0.4, 0.5) is 0 Å². The zero-order chi connectivity index (χ0) is 14.4. The molecule has 6 heteroatoms. The Morgan fingerprint density at radius 3 is 2.17 bits per heavy atom. The van der Waals surface area contributed by atoms with Crippen molar-refractivity contribution in [1.29, 1.82) is 0 Å². The van der Waals surface area contributed by atoms with Gasteiger partial charge < -0.3 is 9.41 Å². The molecule has 0 unspecified atom stereocenters. The van der Waals surface area contributed by atoms with Crippen molar-refractivity contribution in [1.82, 2.24) is 4.98 Å². The first-order valence-corrected chi connectivity index (χ1v) is 14.7. The molecule has 0 bridgehead atoms. The van der Waals surface area contributed by atoms with Crippen LogP contribution in [0.5, 0.6) is 0 Å². The topological polar surface area (TPSA) is 38.3 Å². The molecular weight excluding hydrogens is 278 g/mol. The lowest BCUT2D eigenvalue weighted by Gasteiger charge is -2.28. The van der Waals surface area contributed by atoms with E-state index in [1.54, 1.807) is 0 Å². The predicted octanol–water partition coefficient (Wildman–Crippen LogP) is 3.30. The molecule has 0 aromatic carbocycles. The number of hydrogen-bond donors (Lipinski definition) is 1. The van der Waals surface area contributed by atoms with E-state index in [0.29, 0.717) is 0 Å². The van der Waals surface area contributed by atoms with Crippen LogP contribution in [-0.4, -0.2) is 40.1 Å². The SMILES string of the molecule is CCSCC[C@H](N[Si](C)(C)C)C(=O)O[Si](C)(C)C. The number of rotatable bonds is 8. The molecule has 0 heterocycles. The van der Waals surface area contributed by atoms with Crippen LogP contribution in [0, 0.1) is 0 Å². The molecular formula is C12H29NO2SSi2. The van der Waals surface area contributed by atoms with Gasteiger partial charge in [-0.2, -0.15) is 11.8 Å². The highest BCUT2D eigenvalue weighted by atomic mass is 32.2. The molecule has 0 aliphatic carbocycles. The van der Waals surface area contributed by atoms with Crippen molar-refractivity contribution in [2.45, 2.75) is 58.7 Å². The van der Waals surface area contributed by atoms with Gasteiger partial charge in [0.1, 0.15) is 8.24 Å². The quantitative estimate of drug-likeness (QED) is 0.551. The molecule has 0 saturated heterocycles. The van der Waals surface area contributed by atoms with Gasteiger partial charge in [0.15, 0.2) is 0 Å². The minimum atomic E-state index is -1.79. The Morgan fingerprint density at radius 2 is 1.78 bits per heavy atom. The Balaban J connectivity index is 4.49. The summed E-state index contributed by atoms with van der Waals surface area (Å²) in [5.74, 6) is 2.07. The van der Waals surface area contributed by atoms with E-state index in [9.17, 15) is 4.79 Å². The Hall–Kier alpha value is 0.214. The van der Waals surface area contributed by atoms with Gasteiger partial charge in [-0.25, -0.2) is 0 Å². The summed E-state index contributed by atoms with van der Waals surface area (Å²) in [6.45, 7) is 15.0. The molecule has 1 N–H and O–H groups in total. The first-order valence-electron chi connectivity index (χ1n) is 6.63. The van der Waals surface area contributed by atoms with Crippen LogP contribution in [-0.2, 0) is 9.22 Å². The maximum atomic E-state index is 12.2. The fourth-order valence-corrected chi connectivity index (χ4v) is 4.23. The molecule has 3 nitrogen and oxygen atoms in total. The van der Waals surface area contributed by atoms with Crippen LogP contribution >= 0.6 is 11.8 Å².